The van der Waals surface area contributed by atoms with E-state index in [4.69, 9.17) is 4.74 Å². The molecule has 0 atom stereocenters. The second-order valence-electron chi connectivity index (χ2n) is 8.14. The zero-order chi connectivity index (χ0) is 22.8. The van der Waals surface area contributed by atoms with Crippen molar-refractivity contribution in [1.82, 2.24) is 4.57 Å². The number of nitrogens with zero attached hydrogens (tertiary/aromatic N) is 2. The molecule has 0 N–H and O–H groups in total. The van der Waals surface area contributed by atoms with Crippen LogP contribution < -0.4 is 4.90 Å². The molecule has 2 aromatic carbocycles. The SMILES string of the molecule is CCCCOC(=O)c1ccc(-n2c(C)cc(/C=C3/C(=O)N(C)c4ccccc43)c2C)cc1. The number of para-hydroxylation sites is 1. The number of anilines is 1. The van der Waals surface area contributed by atoms with Gasteiger partial charge in [0.25, 0.3) is 5.91 Å². The average Bonchev–Trinajstić information content (AvgIpc) is 3.21. The van der Waals surface area contributed by atoms with Gasteiger partial charge in [0, 0.05) is 35.3 Å². The highest BCUT2D eigenvalue weighted by molar-refractivity contribution is 6.35. The molecule has 0 bridgehead atoms. The highest BCUT2D eigenvalue weighted by Crippen LogP contribution is 2.37. The van der Waals surface area contributed by atoms with Crippen LogP contribution in [0.1, 0.15) is 52.6 Å². The fourth-order valence-corrected chi connectivity index (χ4v) is 4.16. The number of rotatable bonds is 6. The molecule has 5 heteroatoms. The smallest absolute Gasteiger partial charge is 0.338 e. The second kappa shape index (κ2) is 8.87. The van der Waals surface area contributed by atoms with Crippen LogP contribution in [-0.4, -0.2) is 30.1 Å². The van der Waals surface area contributed by atoms with Crippen LogP contribution in [0.15, 0.2) is 54.6 Å². The van der Waals surface area contributed by atoms with Gasteiger partial charge in [-0.1, -0.05) is 31.5 Å². The standard InChI is InChI=1S/C27H28N2O3/c1-5-6-15-32-27(31)20-11-13-22(14-12-20)29-18(2)16-21(19(29)3)17-24-23-9-7-8-10-25(23)28(4)26(24)30/h7-14,16-17H,5-6,15H2,1-4H3/b24-17+. The summed E-state index contributed by atoms with van der Waals surface area (Å²) >= 11 is 0. The molecule has 5 nitrogen and oxygen atoms in total. The lowest BCUT2D eigenvalue weighted by Crippen LogP contribution is -2.20. The van der Waals surface area contributed by atoms with E-state index in [1.165, 1.54) is 0 Å². The molecule has 4 rings (SSSR count). The Bertz CT molecular complexity index is 1200. The van der Waals surface area contributed by atoms with Gasteiger partial charge >= 0.3 is 5.97 Å². The molecule has 1 amide bonds. The van der Waals surface area contributed by atoms with Crippen LogP contribution in [0, 0.1) is 13.8 Å². The van der Waals surface area contributed by atoms with E-state index >= 15 is 0 Å². The summed E-state index contributed by atoms with van der Waals surface area (Å²) in [5, 5.41) is 0. The summed E-state index contributed by atoms with van der Waals surface area (Å²) in [7, 11) is 1.81. The zero-order valence-electron chi connectivity index (χ0n) is 19.0. The van der Waals surface area contributed by atoms with Gasteiger partial charge in [0.05, 0.1) is 17.9 Å². The van der Waals surface area contributed by atoms with E-state index in [-0.39, 0.29) is 11.9 Å². The number of unbranched alkanes of at least 4 members (excludes halogenated alkanes) is 1. The summed E-state index contributed by atoms with van der Waals surface area (Å²) in [4.78, 5) is 26.7. The molecule has 1 aliphatic heterocycles. The van der Waals surface area contributed by atoms with Crippen molar-refractivity contribution in [3.05, 3.63) is 82.7 Å². The van der Waals surface area contributed by atoms with Crippen molar-refractivity contribution in [3.63, 3.8) is 0 Å². The van der Waals surface area contributed by atoms with Gasteiger partial charge in [-0.2, -0.15) is 0 Å². The zero-order valence-corrected chi connectivity index (χ0v) is 19.0. The van der Waals surface area contributed by atoms with E-state index in [1.54, 1.807) is 24.1 Å². The van der Waals surface area contributed by atoms with Crippen LogP contribution in [0.5, 0.6) is 0 Å². The number of hydrogen-bond donors (Lipinski definition) is 0. The highest BCUT2D eigenvalue weighted by atomic mass is 16.5. The third kappa shape index (κ3) is 3.86. The molecule has 3 aromatic rings. The first kappa shape index (κ1) is 21.6. The Hall–Kier alpha value is -3.60. The molecule has 0 spiro atoms. The van der Waals surface area contributed by atoms with Crippen molar-refractivity contribution in [2.75, 3.05) is 18.6 Å². The number of benzene rings is 2. The van der Waals surface area contributed by atoms with Gasteiger partial charge in [0.15, 0.2) is 0 Å². The quantitative estimate of drug-likeness (QED) is 0.293. The monoisotopic (exact) mass is 428 g/mol. The van der Waals surface area contributed by atoms with E-state index < -0.39 is 0 Å². The summed E-state index contributed by atoms with van der Waals surface area (Å²) in [6.07, 6.45) is 3.83. The number of likely N-dealkylation sites (N-methyl/N-ethyl adjacent to an activating group) is 1. The Balaban J connectivity index is 1.64. The molecule has 0 fully saturated rings. The first-order valence-corrected chi connectivity index (χ1v) is 11.0. The molecule has 1 aromatic heterocycles. The fourth-order valence-electron chi connectivity index (χ4n) is 4.16. The Morgan fingerprint density at radius 2 is 1.78 bits per heavy atom. The van der Waals surface area contributed by atoms with E-state index in [9.17, 15) is 9.59 Å². The van der Waals surface area contributed by atoms with Crippen LogP contribution in [0.4, 0.5) is 5.69 Å². The van der Waals surface area contributed by atoms with Gasteiger partial charge < -0.3 is 14.2 Å². The predicted molar refractivity (Wildman–Crippen MR) is 128 cm³/mol. The van der Waals surface area contributed by atoms with Gasteiger partial charge in [-0.3, -0.25) is 4.79 Å². The molecule has 1 aliphatic rings. The molecule has 0 saturated heterocycles. The van der Waals surface area contributed by atoms with Crippen LogP contribution in [0.2, 0.25) is 0 Å². The number of amides is 1. The maximum absolute atomic E-state index is 12.8. The number of esters is 1. The Kier molecular flexibility index (Phi) is 5.99. The predicted octanol–water partition coefficient (Wildman–Crippen LogP) is 5.57. The normalized spacial score (nSPS) is 14.2. The molecular weight excluding hydrogens is 400 g/mol. The fraction of sp³-hybridized carbons (Fsp3) is 0.259. The van der Waals surface area contributed by atoms with E-state index in [1.807, 2.05) is 56.3 Å². The molecule has 0 radical (unpaired) electrons. The van der Waals surface area contributed by atoms with Crippen molar-refractivity contribution in [3.8, 4) is 5.69 Å². The molecule has 0 saturated carbocycles. The van der Waals surface area contributed by atoms with Crippen LogP contribution in [0.25, 0.3) is 17.3 Å². The van der Waals surface area contributed by atoms with E-state index in [2.05, 4.69) is 17.6 Å². The molecule has 0 aliphatic carbocycles. The summed E-state index contributed by atoms with van der Waals surface area (Å²) in [5.41, 5.74) is 7.19. The molecule has 0 unspecified atom stereocenters. The van der Waals surface area contributed by atoms with Gasteiger partial charge in [0.1, 0.15) is 0 Å². The topological polar surface area (TPSA) is 51.5 Å². The summed E-state index contributed by atoms with van der Waals surface area (Å²) in [5.74, 6) is -0.291. The summed E-state index contributed by atoms with van der Waals surface area (Å²) in [6, 6.07) is 17.4. The van der Waals surface area contributed by atoms with Crippen molar-refractivity contribution >= 4 is 29.2 Å². The molecule has 32 heavy (non-hydrogen) atoms. The van der Waals surface area contributed by atoms with Gasteiger partial charge in [0.2, 0.25) is 0 Å². The lowest BCUT2D eigenvalue weighted by Gasteiger charge is -2.11. The van der Waals surface area contributed by atoms with Crippen LogP contribution >= 0.6 is 0 Å². The number of carbonyl (C=O) groups excluding carboxylic acids is 2. The van der Waals surface area contributed by atoms with E-state index in [0.29, 0.717) is 17.7 Å². The number of hydrogen-bond acceptors (Lipinski definition) is 3. The maximum atomic E-state index is 12.8. The minimum Gasteiger partial charge on any atom is -0.462 e. The number of ether oxygens (including phenoxy) is 1. The third-order valence-electron chi connectivity index (χ3n) is 5.95. The van der Waals surface area contributed by atoms with Crippen molar-refractivity contribution in [1.29, 1.82) is 0 Å². The Morgan fingerprint density at radius 3 is 2.50 bits per heavy atom. The number of fused-ring (bicyclic) bond motifs is 1. The van der Waals surface area contributed by atoms with Crippen LogP contribution in [-0.2, 0) is 9.53 Å². The first-order chi connectivity index (χ1) is 15.4. The maximum Gasteiger partial charge on any atom is 0.338 e. The summed E-state index contributed by atoms with van der Waals surface area (Å²) in [6.45, 7) is 6.59. The summed E-state index contributed by atoms with van der Waals surface area (Å²) < 4.78 is 7.43. The van der Waals surface area contributed by atoms with Crippen molar-refractivity contribution in [2.24, 2.45) is 0 Å². The largest absolute Gasteiger partial charge is 0.462 e. The lowest BCUT2D eigenvalue weighted by atomic mass is 10.0. The Morgan fingerprint density at radius 1 is 1.06 bits per heavy atom. The minimum atomic E-state index is -0.293. The molecule has 2 heterocycles. The van der Waals surface area contributed by atoms with E-state index in [0.717, 1.165) is 46.7 Å². The average molecular weight is 429 g/mol. The van der Waals surface area contributed by atoms with Gasteiger partial charge in [-0.25, -0.2) is 4.79 Å². The minimum absolute atomic E-state index is 0.00180. The number of aryl methyl sites for hydroxylation is 1. The van der Waals surface area contributed by atoms with Crippen LogP contribution in [0.3, 0.4) is 0 Å². The second-order valence-corrected chi connectivity index (χ2v) is 8.14. The number of carbonyl (C=O) groups is 2. The van der Waals surface area contributed by atoms with Gasteiger partial charge in [-0.15, -0.1) is 0 Å². The van der Waals surface area contributed by atoms with Crippen molar-refractivity contribution < 1.29 is 14.3 Å². The Labute approximate surface area is 188 Å². The highest BCUT2D eigenvalue weighted by Gasteiger charge is 2.29. The molecule has 164 valence electrons. The molecular formula is C27H28N2O3. The third-order valence-corrected chi connectivity index (χ3v) is 5.95. The first-order valence-electron chi connectivity index (χ1n) is 11.0. The van der Waals surface area contributed by atoms with Crippen molar-refractivity contribution in [2.45, 2.75) is 33.6 Å². The number of aromatic nitrogens is 1. The lowest BCUT2D eigenvalue weighted by molar-refractivity contribution is -0.112. The van der Waals surface area contributed by atoms with Gasteiger partial charge in [-0.05, 0) is 68.3 Å².